The SMILES string of the molecule is CCCN(Cc1nnc(-c2ccco2)o1)C(=O)CNC(=O)NCc1ccc(F)cc1. The number of furan rings is 1. The number of benzene rings is 1. The lowest BCUT2D eigenvalue weighted by atomic mass is 10.2. The van der Waals surface area contributed by atoms with Gasteiger partial charge < -0.3 is 24.4 Å². The van der Waals surface area contributed by atoms with Crippen molar-refractivity contribution in [3.05, 3.63) is 59.9 Å². The van der Waals surface area contributed by atoms with Gasteiger partial charge in [-0.3, -0.25) is 4.79 Å². The van der Waals surface area contributed by atoms with Crippen LogP contribution in [0.3, 0.4) is 0 Å². The zero-order valence-corrected chi connectivity index (χ0v) is 16.4. The van der Waals surface area contributed by atoms with Crippen molar-refractivity contribution in [2.75, 3.05) is 13.1 Å². The minimum absolute atomic E-state index is 0.124. The monoisotopic (exact) mass is 415 g/mol. The Morgan fingerprint density at radius 1 is 1.13 bits per heavy atom. The Bertz CT molecular complexity index is 956. The number of rotatable bonds is 9. The van der Waals surface area contributed by atoms with Gasteiger partial charge in [-0.15, -0.1) is 10.2 Å². The van der Waals surface area contributed by atoms with Gasteiger partial charge in [0, 0.05) is 13.1 Å². The fourth-order valence-corrected chi connectivity index (χ4v) is 2.66. The lowest BCUT2D eigenvalue weighted by Crippen LogP contribution is -2.43. The molecule has 0 radical (unpaired) electrons. The molecule has 0 aliphatic carbocycles. The number of amides is 3. The smallest absolute Gasteiger partial charge is 0.315 e. The van der Waals surface area contributed by atoms with Crippen molar-refractivity contribution in [2.24, 2.45) is 0 Å². The van der Waals surface area contributed by atoms with Crippen LogP contribution in [0, 0.1) is 5.82 Å². The summed E-state index contributed by atoms with van der Waals surface area (Å²) in [7, 11) is 0. The minimum atomic E-state index is -0.498. The van der Waals surface area contributed by atoms with Crippen molar-refractivity contribution in [3.8, 4) is 11.7 Å². The maximum absolute atomic E-state index is 12.9. The van der Waals surface area contributed by atoms with Crippen LogP contribution in [-0.2, 0) is 17.9 Å². The highest BCUT2D eigenvalue weighted by atomic mass is 19.1. The fourth-order valence-electron chi connectivity index (χ4n) is 2.66. The molecule has 0 saturated carbocycles. The maximum Gasteiger partial charge on any atom is 0.315 e. The van der Waals surface area contributed by atoms with E-state index in [4.69, 9.17) is 8.83 Å². The van der Waals surface area contributed by atoms with Gasteiger partial charge in [0.1, 0.15) is 5.82 Å². The van der Waals surface area contributed by atoms with Gasteiger partial charge in [-0.1, -0.05) is 19.1 Å². The zero-order valence-electron chi connectivity index (χ0n) is 16.4. The average molecular weight is 415 g/mol. The van der Waals surface area contributed by atoms with Gasteiger partial charge in [-0.25, -0.2) is 9.18 Å². The van der Waals surface area contributed by atoms with Crippen LogP contribution in [0.15, 0.2) is 51.5 Å². The second kappa shape index (κ2) is 10.2. The molecule has 3 aromatic rings. The highest BCUT2D eigenvalue weighted by Gasteiger charge is 2.18. The summed E-state index contributed by atoms with van der Waals surface area (Å²) < 4.78 is 23.7. The number of halogens is 1. The number of carbonyl (C=O) groups is 2. The van der Waals surface area contributed by atoms with E-state index in [0.717, 1.165) is 12.0 Å². The van der Waals surface area contributed by atoms with E-state index in [2.05, 4.69) is 20.8 Å². The van der Waals surface area contributed by atoms with E-state index < -0.39 is 6.03 Å². The van der Waals surface area contributed by atoms with E-state index in [1.807, 2.05) is 6.92 Å². The van der Waals surface area contributed by atoms with E-state index >= 15 is 0 Å². The van der Waals surface area contributed by atoms with Crippen molar-refractivity contribution in [3.63, 3.8) is 0 Å². The molecule has 0 unspecified atom stereocenters. The van der Waals surface area contributed by atoms with Crippen LogP contribution < -0.4 is 10.6 Å². The minimum Gasteiger partial charge on any atom is -0.459 e. The van der Waals surface area contributed by atoms with E-state index in [-0.39, 0.29) is 43.1 Å². The van der Waals surface area contributed by atoms with E-state index in [0.29, 0.717) is 12.3 Å². The predicted octanol–water partition coefficient (Wildman–Crippen LogP) is 2.71. The highest BCUT2D eigenvalue weighted by molar-refractivity contribution is 5.83. The number of nitrogens with zero attached hydrogens (tertiary/aromatic N) is 3. The van der Waals surface area contributed by atoms with Crippen LogP contribution in [-0.4, -0.2) is 40.1 Å². The van der Waals surface area contributed by atoms with Crippen LogP contribution in [0.5, 0.6) is 0 Å². The Balaban J connectivity index is 1.48. The summed E-state index contributed by atoms with van der Waals surface area (Å²) in [4.78, 5) is 26.0. The molecule has 3 amide bonds. The molecule has 2 aromatic heterocycles. The molecular weight excluding hydrogens is 393 g/mol. The molecule has 0 bridgehead atoms. The van der Waals surface area contributed by atoms with Crippen LogP contribution >= 0.6 is 0 Å². The van der Waals surface area contributed by atoms with E-state index in [1.165, 1.54) is 23.3 Å². The molecule has 1 aromatic carbocycles. The second-order valence-corrected chi connectivity index (χ2v) is 6.46. The Morgan fingerprint density at radius 2 is 1.93 bits per heavy atom. The Morgan fingerprint density at radius 3 is 2.63 bits per heavy atom. The normalized spacial score (nSPS) is 10.6. The summed E-state index contributed by atoms with van der Waals surface area (Å²) in [5.41, 5.74) is 0.745. The summed E-state index contributed by atoms with van der Waals surface area (Å²) in [6, 6.07) is 8.68. The van der Waals surface area contributed by atoms with Gasteiger partial charge in [-0.05, 0) is 36.2 Å². The fraction of sp³-hybridized carbons (Fsp3) is 0.300. The Labute approximate surface area is 172 Å². The molecule has 0 spiro atoms. The standard InChI is InChI=1S/C20H22FN5O4/c1-2-9-26(13-17-24-25-19(30-17)16-4-3-10-29-16)18(27)12-23-20(28)22-11-14-5-7-15(21)8-6-14/h3-8,10H,2,9,11-13H2,1H3,(H2,22,23,28). The topological polar surface area (TPSA) is 114 Å². The highest BCUT2D eigenvalue weighted by Crippen LogP contribution is 2.18. The summed E-state index contributed by atoms with van der Waals surface area (Å²) >= 11 is 0. The lowest BCUT2D eigenvalue weighted by molar-refractivity contribution is -0.131. The van der Waals surface area contributed by atoms with Gasteiger partial charge in [0.15, 0.2) is 5.76 Å². The quantitative estimate of drug-likeness (QED) is 0.556. The van der Waals surface area contributed by atoms with Crippen LogP contribution in [0.1, 0.15) is 24.8 Å². The molecule has 10 heteroatoms. The molecule has 30 heavy (non-hydrogen) atoms. The van der Waals surface area contributed by atoms with E-state index in [9.17, 15) is 14.0 Å². The van der Waals surface area contributed by atoms with Crippen molar-refractivity contribution < 1.29 is 22.8 Å². The summed E-state index contributed by atoms with van der Waals surface area (Å²) in [6.45, 7) is 2.56. The lowest BCUT2D eigenvalue weighted by Gasteiger charge is -2.20. The van der Waals surface area contributed by atoms with E-state index in [1.54, 1.807) is 24.3 Å². The first-order valence-electron chi connectivity index (χ1n) is 9.45. The van der Waals surface area contributed by atoms with Gasteiger partial charge in [-0.2, -0.15) is 0 Å². The third kappa shape index (κ3) is 5.90. The van der Waals surface area contributed by atoms with Crippen molar-refractivity contribution in [1.82, 2.24) is 25.7 Å². The number of nitrogens with one attached hydrogen (secondary N) is 2. The van der Waals surface area contributed by atoms with Gasteiger partial charge in [0.25, 0.3) is 5.89 Å². The third-order valence-electron chi connectivity index (χ3n) is 4.14. The van der Waals surface area contributed by atoms with Crippen molar-refractivity contribution >= 4 is 11.9 Å². The molecule has 0 atom stereocenters. The first-order valence-corrected chi connectivity index (χ1v) is 9.45. The summed E-state index contributed by atoms with van der Waals surface area (Å²) in [5.74, 6) is 0.316. The average Bonchev–Trinajstić information content (AvgIpc) is 3.43. The maximum atomic E-state index is 12.9. The first-order chi connectivity index (χ1) is 14.5. The molecule has 3 rings (SSSR count). The molecule has 158 valence electrons. The van der Waals surface area contributed by atoms with Crippen LogP contribution in [0.4, 0.5) is 9.18 Å². The van der Waals surface area contributed by atoms with Crippen molar-refractivity contribution in [1.29, 1.82) is 0 Å². The number of urea groups is 1. The number of hydrogen-bond donors (Lipinski definition) is 2. The zero-order chi connectivity index (χ0) is 21.3. The molecule has 2 heterocycles. The number of hydrogen-bond acceptors (Lipinski definition) is 6. The molecule has 0 aliphatic heterocycles. The third-order valence-corrected chi connectivity index (χ3v) is 4.14. The molecule has 0 fully saturated rings. The van der Waals surface area contributed by atoms with Crippen LogP contribution in [0.25, 0.3) is 11.7 Å². The Hall–Kier alpha value is -3.69. The molecule has 0 aliphatic rings. The number of carbonyl (C=O) groups excluding carboxylic acids is 2. The molecule has 0 saturated heterocycles. The van der Waals surface area contributed by atoms with Gasteiger partial charge >= 0.3 is 6.03 Å². The van der Waals surface area contributed by atoms with Gasteiger partial charge in [0.2, 0.25) is 11.8 Å². The summed E-state index contributed by atoms with van der Waals surface area (Å²) in [6.07, 6.45) is 2.22. The molecular formula is C20H22FN5O4. The van der Waals surface area contributed by atoms with Gasteiger partial charge in [0.05, 0.1) is 19.4 Å². The summed E-state index contributed by atoms with van der Waals surface area (Å²) in [5, 5.41) is 13.0. The van der Waals surface area contributed by atoms with Crippen molar-refractivity contribution in [2.45, 2.75) is 26.4 Å². The number of aromatic nitrogens is 2. The molecule has 9 nitrogen and oxygen atoms in total. The largest absolute Gasteiger partial charge is 0.459 e. The molecule has 2 N–H and O–H groups in total. The van der Waals surface area contributed by atoms with Crippen LogP contribution in [0.2, 0.25) is 0 Å². The Kier molecular flexibility index (Phi) is 7.14. The second-order valence-electron chi connectivity index (χ2n) is 6.46. The predicted molar refractivity (Wildman–Crippen MR) is 104 cm³/mol. The first kappa shape index (κ1) is 21.0.